The lowest BCUT2D eigenvalue weighted by atomic mass is 10.0. The summed E-state index contributed by atoms with van der Waals surface area (Å²) in [5.41, 5.74) is 2.24. The van der Waals surface area contributed by atoms with E-state index in [2.05, 4.69) is 0 Å². The zero-order chi connectivity index (χ0) is 14.4. The lowest BCUT2D eigenvalue weighted by Gasteiger charge is -2.08. The van der Waals surface area contributed by atoms with Crippen LogP contribution in [0.4, 0.5) is 0 Å². The number of hydrogen-bond acceptors (Lipinski definition) is 3. The second-order valence-corrected chi connectivity index (χ2v) is 4.29. The zero-order valence-corrected chi connectivity index (χ0v) is 11.8. The van der Waals surface area contributed by atoms with Gasteiger partial charge in [0.1, 0.15) is 11.5 Å². The van der Waals surface area contributed by atoms with Crippen molar-refractivity contribution in [3.63, 3.8) is 0 Å². The number of nitrogens with one attached hydrogen (secondary N) is 1. The minimum absolute atomic E-state index is 0.496. The van der Waals surface area contributed by atoms with E-state index in [1.54, 1.807) is 0 Å². The SMILES string of the molecule is CCOc1ccc(C(=N)c2ccc(OCC)cc2)cc1. The Hall–Kier alpha value is -2.29. The number of rotatable bonds is 6. The standard InChI is InChI=1S/C17H19NO2/c1-3-19-15-9-5-13(6-10-15)17(18)14-7-11-16(12-8-14)20-4-2/h5-12,18H,3-4H2,1-2H3. The molecule has 2 aromatic rings. The Bertz CT molecular complexity index is 507. The van der Waals surface area contributed by atoms with E-state index < -0.39 is 0 Å². The van der Waals surface area contributed by atoms with Gasteiger partial charge in [-0.2, -0.15) is 0 Å². The molecule has 0 aromatic heterocycles. The molecule has 3 nitrogen and oxygen atoms in total. The molecule has 0 atom stereocenters. The first-order valence-electron chi connectivity index (χ1n) is 6.79. The zero-order valence-electron chi connectivity index (χ0n) is 11.8. The predicted molar refractivity (Wildman–Crippen MR) is 81.2 cm³/mol. The molecule has 0 saturated carbocycles. The molecule has 20 heavy (non-hydrogen) atoms. The van der Waals surface area contributed by atoms with Crippen molar-refractivity contribution in [3.8, 4) is 11.5 Å². The van der Waals surface area contributed by atoms with Crippen LogP contribution in [0.25, 0.3) is 0 Å². The van der Waals surface area contributed by atoms with Crippen molar-refractivity contribution in [2.24, 2.45) is 0 Å². The van der Waals surface area contributed by atoms with Crippen LogP contribution >= 0.6 is 0 Å². The highest BCUT2D eigenvalue weighted by Crippen LogP contribution is 2.18. The second-order valence-electron chi connectivity index (χ2n) is 4.29. The first kappa shape index (κ1) is 14.1. The third-order valence-corrected chi connectivity index (χ3v) is 2.91. The molecule has 2 rings (SSSR count). The fourth-order valence-corrected chi connectivity index (χ4v) is 1.94. The van der Waals surface area contributed by atoms with Crippen LogP contribution in [-0.4, -0.2) is 18.9 Å². The molecule has 0 heterocycles. The molecule has 0 bridgehead atoms. The molecular formula is C17H19NO2. The number of benzene rings is 2. The van der Waals surface area contributed by atoms with E-state index in [1.807, 2.05) is 62.4 Å². The highest BCUT2D eigenvalue weighted by Gasteiger charge is 2.05. The Morgan fingerprint density at radius 2 is 1.10 bits per heavy atom. The molecule has 2 aromatic carbocycles. The summed E-state index contributed by atoms with van der Waals surface area (Å²) >= 11 is 0. The smallest absolute Gasteiger partial charge is 0.119 e. The molecule has 104 valence electrons. The summed E-state index contributed by atoms with van der Waals surface area (Å²) in [6.45, 7) is 5.21. The molecule has 0 spiro atoms. The van der Waals surface area contributed by atoms with Crippen LogP contribution in [-0.2, 0) is 0 Å². The van der Waals surface area contributed by atoms with Crippen molar-refractivity contribution >= 4 is 5.71 Å². The van der Waals surface area contributed by atoms with Crippen molar-refractivity contribution in [1.29, 1.82) is 5.41 Å². The Morgan fingerprint density at radius 3 is 1.40 bits per heavy atom. The minimum atomic E-state index is 0.496. The summed E-state index contributed by atoms with van der Waals surface area (Å²) in [5, 5.41) is 8.23. The first-order valence-corrected chi connectivity index (χ1v) is 6.79. The fourth-order valence-electron chi connectivity index (χ4n) is 1.94. The van der Waals surface area contributed by atoms with Crippen LogP contribution in [0.2, 0.25) is 0 Å². The summed E-state index contributed by atoms with van der Waals surface area (Å²) in [6.07, 6.45) is 0. The monoisotopic (exact) mass is 269 g/mol. The summed E-state index contributed by atoms with van der Waals surface area (Å²) in [6, 6.07) is 15.2. The predicted octanol–water partition coefficient (Wildman–Crippen LogP) is 3.90. The summed E-state index contributed by atoms with van der Waals surface area (Å²) in [7, 11) is 0. The molecule has 0 amide bonds. The highest BCUT2D eigenvalue weighted by molar-refractivity contribution is 6.10. The highest BCUT2D eigenvalue weighted by atomic mass is 16.5. The average Bonchev–Trinajstić information content (AvgIpc) is 2.49. The minimum Gasteiger partial charge on any atom is -0.494 e. The molecule has 3 heteroatoms. The average molecular weight is 269 g/mol. The maximum Gasteiger partial charge on any atom is 0.119 e. The van der Waals surface area contributed by atoms with E-state index in [1.165, 1.54) is 0 Å². The maximum absolute atomic E-state index is 8.23. The van der Waals surface area contributed by atoms with Crippen molar-refractivity contribution in [3.05, 3.63) is 59.7 Å². The van der Waals surface area contributed by atoms with Crippen molar-refractivity contribution < 1.29 is 9.47 Å². The van der Waals surface area contributed by atoms with Gasteiger partial charge in [0.05, 0.1) is 18.9 Å². The summed E-state index contributed by atoms with van der Waals surface area (Å²) < 4.78 is 10.8. The van der Waals surface area contributed by atoms with E-state index >= 15 is 0 Å². The normalized spacial score (nSPS) is 10.1. The van der Waals surface area contributed by atoms with Crippen molar-refractivity contribution in [2.45, 2.75) is 13.8 Å². The van der Waals surface area contributed by atoms with Gasteiger partial charge in [0.25, 0.3) is 0 Å². The van der Waals surface area contributed by atoms with Gasteiger partial charge in [-0.3, -0.25) is 5.41 Å². The van der Waals surface area contributed by atoms with E-state index in [0.29, 0.717) is 18.9 Å². The van der Waals surface area contributed by atoms with E-state index in [9.17, 15) is 0 Å². The Balaban J connectivity index is 2.13. The van der Waals surface area contributed by atoms with E-state index in [4.69, 9.17) is 14.9 Å². The van der Waals surface area contributed by atoms with Crippen molar-refractivity contribution in [2.75, 3.05) is 13.2 Å². The van der Waals surface area contributed by atoms with Crippen LogP contribution in [0, 0.1) is 5.41 Å². The fraction of sp³-hybridized carbons (Fsp3) is 0.235. The topological polar surface area (TPSA) is 42.3 Å². The molecule has 0 saturated heterocycles. The van der Waals surface area contributed by atoms with Crippen LogP contribution in [0.3, 0.4) is 0 Å². The largest absolute Gasteiger partial charge is 0.494 e. The third-order valence-electron chi connectivity index (χ3n) is 2.91. The Morgan fingerprint density at radius 1 is 0.750 bits per heavy atom. The number of hydrogen-bond donors (Lipinski definition) is 1. The van der Waals surface area contributed by atoms with Gasteiger partial charge >= 0.3 is 0 Å². The van der Waals surface area contributed by atoms with Gasteiger partial charge < -0.3 is 9.47 Å². The van der Waals surface area contributed by atoms with Crippen LogP contribution in [0.15, 0.2) is 48.5 Å². The molecular weight excluding hydrogens is 250 g/mol. The Kier molecular flexibility index (Phi) is 4.77. The first-order chi connectivity index (χ1) is 9.74. The van der Waals surface area contributed by atoms with Crippen LogP contribution in [0.1, 0.15) is 25.0 Å². The lowest BCUT2D eigenvalue weighted by molar-refractivity contribution is 0.340. The van der Waals surface area contributed by atoms with Gasteiger partial charge in [0, 0.05) is 11.1 Å². The molecule has 0 fully saturated rings. The molecule has 0 aliphatic heterocycles. The molecule has 0 aliphatic rings. The quantitative estimate of drug-likeness (QED) is 0.808. The molecule has 1 N–H and O–H groups in total. The van der Waals surface area contributed by atoms with Gasteiger partial charge in [-0.15, -0.1) is 0 Å². The number of ether oxygens (including phenoxy) is 2. The molecule has 0 radical (unpaired) electrons. The van der Waals surface area contributed by atoms with Crippen molar-refractivity contribution in [1.82, 2.24) is 0 Å². The summed E-state index contributed by atoms with van der Waals surface area (Å²) in [5.74, 6) is 1.66. The summed E-state index contributed by atoms with van der Waals surface area (Å²) in [4.78, 5) is 0. The Labute approximate surface area is 119 Å². The second kappa shape index (κ2) is 6.75. The third kappa shape index (κ3) is 3.38. The lowest BCUT2D eigenvalue weighted by Crippen LogP contribution is -2.02. The molecule has 0 aliphatic carbocycles. The van der Waals surface area contributed by atoms with Gasteiger partial charge in [0.15, 0.2) is 0 Å². The maximum atomic E-state index is 8.23. The van der Waals surface area contributed by atoms with Gasteiger partial charge in [-0.05, 0) is 62.4 Å². The van der Waals surface area contributed by atoms with Crippen LogP contribution in [0.5, 0.6) is 11.5 Å². The van der Waals surface area contributed by atoms with E-state index in [-0.39, 0.29) is 0 Å². The van der Waals surface area contributed by atoms with E-state index in [0.717, 1.165) is 22.6 Å². The van der Waals surface area contributed by atoms with Gasteiger partial charge in [-0.25, -0.2) is 0 Å². The van der Waals surface area contributed by atoms with Crippen LogP contribution < -0.4 is 9.47 Å². The molecule has 0 unspecified atom stereocenters. The van der Waals surface area contributed by atoms with Gasteiger partial charge in [-0.1, -0.05) is 0 Å². The van der Waals surface area contributed by atoms with Gasteiger partial charge in [0.2, 0.25) is 0 Å².